The van der Waals surface area contributed by atoms with Gasteiger partial charge in [0.2, 0.25) is 5.95 Å². The van der Waals surface area contributed by atoms with E-state index < -0.39 is 0 Å². The highest BCUT2D eigenvalue weighted by Crippen LogP contribution is 2.16. The molecule has 0 aromatic carbocycles. The van der Waals surface area contributed by atoms with Crippen molar-refractivity contribution in [2.24, 2.45) is 0 Å². The van der Waals surface area contributed by atoms with Crippen LogP contribution in [0.25, 0.3) is 6.08 Å². The van der Waals surface area contributed by atoms with Gasteiger partial charge in [-0.2, -0.15) is 0 Å². The van der Waals surface area contributed by atoms with Crippen molar-refractivity contribution in [2.45, 2.75) is 6.42 Å². The summed E-state index contributed by atoms with van der Waals surface area (Å²) in [4.78, 5) is 18.9. The number of ketones is 1. The first-order valence-electron chi connectivity index (χ1n) is 3.59. The third kappa shape index (κ3) is 0.972. The molecule has 0 aliphatic heterocycles. The van der Waals surface area contributed by atoms with Gasteiger partial charge in [0.15, 0.2) is 5.78 Å². The second kappa shape index (κ2) is 2.41. The van der Waals surface area contributed by atoms with E-state index in [2.05, 4.69) is 9.97 Å². The summed E-state index contributed by atoms with van der Waals surface area (Å²) in [6, 6.07) is 0. The van der Waals surface area contributed by atoms with Crippen LogP contribution in [0.3, 0.4) is 0 Å². The monoisotopic (exact) mass is 161 g/mol. The van der Waals surface area contributed by atoms with Gasteiger partial charge in [-0.05, 0) is 6.08 Å². The topological polar surface area (TPSA) is 68.9 Å². The first-order valence-corrected chi connectivity index (χ1v) is 3.59. The van der Waals surface area contributed by atoms with Crippen molar-refractivity contribution < 1.29 is 4.79 Å². The normalized spacial score (nSPS) is 14.5. The van der Waals surface area contributed by atoms with Gasteiger partial charge in [0, 0.05) is 12.6 Å². The van der Waals surface area contributed by atoms with Crippen molar-refractivity contribution in [1.82, 2.24) is 9.97 Å². The van der Waals surface area contributed by atoms with Crippen molar-refractivity contribution in [3.05, 3.63) is 23.5 Å². The van der Waals surface area contributed by atoms with Gasteiger partial charge in [0.25, 0.3) is 0 Å². The highest BCUT2D eigenvalue weighted by molar-refractivity contribution is 6.01. The number of nitrogen functional groups attached to an aromatic ring is 1. The second-order valence-electron chi connectivity index (χ2n) is 2.56. The number of allylic oxidation sites excluding steroid dienone is 1. The number of fused-ring (bicyclic) bond motifs is 1. The summed E-state index contributed by atoms with van der Waals surface area (Å²) in [7, 11) is 0. The molecule has 12 heavy (non-hydrogen) atoms. The second-order valence-corrected chi connectivity index (χ2v) is 2.56. The minimum atomic E-state index is 0.0486. The lowest BCUT2D eigenvalue weighted by atomic mass is 10.0. The highest BCUT2D eigenvalue weighted by atomic mass is 16.1. The number of Topliss-reactive ketones (excluding diaryl/α,β-unsaturated/α-hetero) is 1. The van der Waals surface area contributed by atoms with E-state index in [9.17, 15) is 4.79 Å². The maximum atomic E-state index is 11.2. The summed E-state index contributed by atoms with van der Waals surface area (Å²) in [6.07, 6.45) is 5.47. The van der Waals surface area contributed by atoms with Crippen LogP contribution < -0.4 is 5.73 Å². The number of carbonyl (C=O) groups excluding carboxylic acids is 1. The van der Waals surface area contributed by atoms with Gasteiger partial charge in [-0.1, -0.05) is 6.08 Å². The lowest BCUT2D eigenvalue weighted by Gasteiger charge is -2.06. The summed E-state index contributed by atoms with van der Waals surface area (Å²) >= 11 is 0. The van der Waals surface area contributed by atoms with Crippen molar-refractivity contribution >= 4 is 17.8 Å². The van der Waals surface area contributed by atoms with Crippen molar-refractivity contribution in [3.8, 4) is 0 Å². The lowest BCUT2D eigenvalue weighted by molar-refractivity contribution is 0.0994. The molecule has 4 nitrogen and oxygen atoms in total. The minimum Gasteiger partial charge on any atom is -0.368 e. The van der Waals surface area contributed by atoms with Gasteiger partial charge in [0.05, 0.1) is 11.3 Å². The maximum absolute atomic E-state index is 11.2. The standard InChI is InChI=1S/C8H7N3O/c9-8-10-4-5-6(11-8)2-1-3-7(5)12/h1-2,4H,3H2,(H2,9,10,11). The number of nitrogens with zero attached hydrogens (tertiary/aromatic N) is 2. The van der Waals surface area contributed by atoms with Crippen LogP contribution in [0, 0.1) is 0 Å². The Kier molecular flexibility index (Phi) is 1.40. The van der Waals surface area contributed by atoms with Gasteiger partial charge in [-0.25, -0.2) is 9.97 Å². The number of aromatic nitrogens is 2. The van der Waals surface area contributed by atoms with E-state index >= 15 is 0 Å². The molecule has 0 atom stereocenters. The predicted molar refractivity (Wildman–Crippen MR) is 44.4 cm³/mol. The Hall–Kier alpha value is -1.71. The lowest BCUT2D eigenvalue weighted by Crippen LogP contribution is -2.08. The molecule has 4 heteroatoms. The Morgan fingerprint density at radius 3 is 3.17 bits per heavy atom. The number of anilines is 1. The van der Waals surface area contributed by atoms with Gasteiger partial charge in [0.1, 0.15) is 0 Å². The molecule has 2 rings (SSSR count). The molecule has 0 fully saturated rings. The fraction of sp³-hybridized carbons (Fsp3) is 0.125. The minimum absolute atomic E-state index is 0.0486. The van der Waals surface area contributed by atoms with E-state index in [0.29, 0.717) is 17.7 Å². The number of nitrogens with two attached hydrogens (primary N) is 1. The highest BCUT2D eigenvalue weighted by Gasteiger charge is 2.14. The molecule has 0 saturated heterocycles. The van der Waals surface area contributed by atoms with E-state index in [4.69, 9.17) is 5.73 Å². The quantitative estimate of drug-likeness (QED) is 0.606. The Bertz CT molecular complexity index is 371. The van der Waals surface area contributed by atoms with E-state index in [0.717, 1.165) is 0 Å². The summed E-state index contributed by atoms with van der Waals surface area (Å²) < 4.78 is 0. The first kappa shape index (κ1) is 6.97. The molecule has 0 bridgehead atoms. The van der Waals surface area contributed by atoms with Gasteiger partial charge >= 0.3 is 0 Å². The molecule has 0 unspecified atom stereocenters. The Morgan fingerprint density at radius 2 is 2.33 bits per heavy atom. The first-order chi connectivity index (χ1) is 5.77. The molecule has 1 heterocycles. The fourth-order valence-electron chi connectivity index (χ4n) is 1.14. The molecular formula is C8H7N3O. The van der Waals surface area contributed by atoms with Crippen molar-refractivity contribution in [1.29, 1.82) is 0 Å². The molecule has 1 aliphatic carbocycles. The molecule has 0 radical (unpaired) electrons. The third-order valence-electron chi connectivity index (χ3n) is 1.72. The molecule has 2 N–H and O–H groups in total. The van der Waals surface area contributed by atoms with E-state index in [1.807, 2.05) is 0 Å². The summed E-state index contributed by atoms with van der Waals surface area (Å²) in [5.74, 6) is 0.251. The third-order valence-corrected chi connectivity index (χ3v) is 1.72. The zero-order chi connectivity index (χ0) is 8.55. The Balaban J connectivity index is 2.62. The van der Waals surface area contributed by atoms with E-state index in [1.54, 1.807) is 12.2 Å². The van der Waals surface area contributed by atoms with E-state index in [-0.39, 0.29) is 11.7 Å². The van der Waals surface area contributed by atoms with Crippen LogP contribution in [0.2, 0.25) is 0 Å². The van der Waals surface area contributed by atoms with Crippen LogP contribution in [0.5, 0.6) is 0 Å². The van der Waals surface area contributed by atoms with Crippen molar-refractivity contribution in [2.75, 3.05) is 5.73 Å². The Morgan fingerprint density at radius 1 is 1.50 bits per heavy atom. The average molecular weight is 161 g/mol. The average Bonchev–Trinajstić information content (AvgIpc) is 2.04. The van der Waals surface area contributed by atoms with Crippen LogP contribution in [0.1, 0.15) is 22.5 Å². The van der Waals surface area contributed by atoms with E-state index in [1.165, 1.54) is 6.20 Å². The predicted octanol–water partition coefficient (Wildman–Crippen LogP) is 0.658. The zero-order valence-electron chi connectivity index (χ0n) is 6.32. The van der Waals surface area contributed by atoms with Crippen molar-refractivity contribution in [3.63, 3.8) is 0 Å². The number of hydrogen-bond acceptors (Lipinski definition) is 4. The van der Waals surface area contributed by atoms with Crippen LogP contribution in [-0.4, -0.2) is 15.8 Å². The summed E-state index contributed by atoms with van der Waals surface area (Å²) in [5.41, 5.74) is 6.55. The summed E-state index contributed by atoms with van der Waals surface area (Å²) in [6.45, 7) is 0. The molecule has 0 saturated carbocycles. The number of hydrogen-bond donors (Lipinski definition) is 1. The smallest absolute Gasteiger partial charge is 0.220 e. The van der Waals surface area contributed by atoms with Gasteiger partial charge in [-0.15, -0.1) is 0 Å². The molecule has 1 aromatic rings. The SMILES string of the molecule is Nc1ncc2c(n1)C=CCC2=O. The van der Waals surface area contributed by atoms with Crippen LogP contribution >= 0.6 is 0 Å². The maximum Gasteiger partial charge on any atom is 0.220 e. The summed E-state index contributed by atoms with van der Waals surface area (Å²) in [5, 5.41) is 0. The molecule has 0 spiro atoms. The van der Waals surface area contributed by atoms with Crippen LogP contribution in [0.15, 0.2) is 12.3 Å². The van der Waals surface area contributed by atoms with Gasteiger partial charge in [-0.3, -0.25) is 4.79 Å². The molecule has 1 aliphatic rings. The molecular weight excluding hydrogens is 154 g/mol. The van der Waals surface area contributed by atoms with Crippen LogP contribution in [0.4, 0.5) is 5.95 Å². The molecule has 0 amide bonds. The fourth-order valence-corrected chi connectivity index (χ4v) is 1.14. The zero-order valence-corrected chi connectivity index (χ0v) is 6.32. The number of rotatable bonds is 0. The Labute approximate surface area is 69.1 Å². The van der Waals surface area contributed by atoms with Crippen LogP contribution in [-0.2, 0) is 0 Å². The number of carbonyl (C=O) groups is 1. The largest absolute Gasteiger partial charge is 0.368 e. The molecule has 60 valence electrons. The molecule has 1 aromatic heterocycles. The van der Waals surface area contributed by atoms with Gasteiger partial charge < -0.3 is 5.73 Å².